The molecule has 1 aliphatic rings. The number of nitrogens with one attached hydrogen (secondary N) is 2. The van der Waals surface area contributed by atoms with Crippen LogP contribution in [0.4, 0.5) is 0 Å². The van der Waals surface area contributed by atoms with Crippen molar-refractivity contribution in [1.82, 2.24) is 15.3 Å². The zero-order valence-electron chi connectivity index (χ0n) is 8.33. The van der Waals surface area contributed by atoms with Gasteiger partial charge >= 0.3 is 0 Å². The maximum absolute atomic E-state index is 5.31. The first-order chi connectivity index (χ1) is 6.95. The van der Waals surface area contributed by atoms with Crippen LogP contribution in [0.5, 0.6) is 0 Å². The molecule has 2 heterocycles. The lowest BCUT2D eigenvalue weighted by Crippen LogP contribution is -2.27. The van der Waals surface area contributed by atoms with Crippen LogP contribution in [-0.4, -0.2) is 29.7 Å². The molecule has 0 unspecified atom stereocenters. The Bertz CT molecular complexity index is 242. The van der Waals surface area contributed by atoms with E-state index in [1.165, 1.54) is 12.8 Å². The van der Waals surface area contributed by atoms with Crippen molar-refractivity contribution in [1.29, 1.82) is 0 Å². The molecule has 1 aliphatic heterocycles. The Morgan fingerprint density at radius 2 is 2.36 bits per heavy atom. The van der Waals surface area contributed by atoms with Gasteiger partial charge in [0.15, 0.2) is 0 Å². The molecular formula is C10H17N3O. The standard InChI is InChI=1S/C10H17N3O/c1-5-14-6-2-9(1)7-11-8-10-12-3-4-13-10/h3-4,9,11H,1-2,5-8H2,(H,12,13). The Morgan fingerprint density at radius 3 is 3.07 bits per heavy atom. The minimum atomic E-state index is 0.777. The summed E-state index contributed by atoms with van der Waals surface area (Å²) in [6.45, 7) is 3.76. The molecule has 0 spiro atoms. The number of hydrogen-bond acceptors (Lipinski definition) is 3. The highest BCUT2D eigenvalue weighted by atomic mass is 16.5. The van der Waals surface area contributed by atoms with E-state index in [9.17, 15) is 0 Å². The summed E-state index contributed by atoms with van der Waals surface area (Å²) in [5, 5.41) is 3.41. The van der Waals surface area contributed by atoms with Crippen molar-refractivity contribution in [3.8, 4) is 0 Å². The van der Waals surface area contributed by atoms with Crippen LogP contribution in [0.15, 0.2) is 12.4 Å². The quantitative estimate of drug-likeness (QED) is 0.751. The van der Waals surface area contributed by atoms with E-state index >= 15 is 0 Å². The van der Waals surface area contributed by atoms with Crippen LogP contribution < -0.4 is 5.32 Å². The monoisotopic (exact) mass is 195 g/mol. The SMILES string of the molecule is c1c[nH]c(CNCC2CCOCC2)n1. The van der Waals surface area contributed by atoms with Gasteiger partial charge in [-0.25, -0.2) is 4.98 Å². The van der Waals surface area contributed by atoms with Gasteiger partial charge < -0.3 is 15.0 Å². The second-order valence-electron chi connectivity index (χ2n) is 3.72. The van der Waals surface area contributed by atoms with Gasteiger partial charge in [-0.1, -0.05) is 0 Å². The summed E-state index contributed by atoms with van der Waals surface area (Å²) in [5.74, 6) is 1.79. The van der Waals surface area contributed by atoms with E-state index in [1.807, 2.05) is 6.20 Å². The van der Waals surface area contributed by atoms with Gasteiger partial charge in [0.25, 0.3) is 0 Å². The lowest BCUT2D eigenvalue weighted by Gasteiger charge is -2.21. The van der Waals surface area contributed by atoms with Crippen molar-refractivity contribution < 1.29 is 4.74 Å². The summed E-state index contributed by atoms with van der Waals surface area (Å²) in [4.78, 5) is 7.23. The highest BCUT2D eigenvalue weighted by molar-refractivity contribution is 4.86. The molecule has 0 saturated carbocycles. The summed E-state index contributed by atoms with van der Waals surface area (Å²) in [7, 11) is 0. The van der Waals surface area contributed by atoms with E-state index in [-0.39, 0.29) is 0 Å². The predicted molar refractivity (Wildman–Crippen MR) is 53.8 cm³/mol. The summed E-state index contributed by atoms with van der Waals surface area (Å²) < 4.78 is 5.31. The zero-order valence-corrected chi connectivity index (χ0v) is 8.33. The first-order valence-corrected chi connectivity index (χ1v) is 5.22. The number of imidazole rings is 1. The number of H-pyrrole nitrogens is 1. The summed E-state index contributed by atoms with van der Waals surface area (Å²) in [5.41, 5.74) is 0. The van der Waals surface area contributed by atoms with Crippen LogP contribution in [-0.2, 0) is 11.3 Å². The molecule has 0 aliphatic carbocycles. The number of ether oxygens (including phenoxy) is 1. The molecule has 0 bridgehead atoms. The van der Waals surface area contributed by atoms with Crippen molar-refractivity contribution in [3.05, 3.63) is 18.2 Å². The van der Waals surface area contributed by atoms with Crippen molar-refractivity contribution in [2.24, 2.45) is 5.92 Å². The van der Waals surface area contributed by atoms with Gasteiger partial charge in [-0.2, -0.15) is 0 Å². The van der Waals surface area contributed by atoms with Crippen LogP contribution in [0.3, 0.4) is 0 Å². The van der Waals surface area contributed by atoms with Crippen LogP contribution in [0.2, 0.25) is 0 Å². The normalized spacial score (nSPS) is 18.6. The molecule has 78 valence electrons. The molecule has 0 aromatic carbocycles. The Kier molecular flexibility index (Phi) is 3.54. The van der Waals surface area contributed by atoms with E-state index < -0.39 is 0 Å². The second kappa shape index (κ2) is 5.12. The largest absolute Gasteiger partial charge is 0.381 e. The maximum atomic E-state index is 5.31. The highest BCUT2D eigenvalue weighted by Gasteiger charge is 2.12. The number of aromatic amines is 1. The Balaban J connectivity index is 1.62. The zero-order chi connectivity index (χ0) is 9.64. The average molecular weight is 195 g/mol. The number of rotatable bonds is 4. The topological polar surface area (TPSA) is 49.9 Å². The van der Waals surface area contributed by atoms with Gasteiger partial charge in [-0.3, -0.25) is 0 Å². The highest BCUT2D eigenvalue weighted by Crippen LogP contribution is 2.13. The van der Waals surface area contributed by atoms with Gasteiger partial charge in [0.05, 0.1) is 6.54 Å². The molecule has 14 heavy (non-hydrogen) atoms. The molecule has 4 heteroatoms. The van der Waals surface area contributed by atoms with E-state index in [0.29, 0.717) is 0 Å². The Morgan fingerprint density at radius 1 is 1.50 bits per heavy atom. The summed E-state index contributed by atoms with van der Waals surface area (Å²) in [6.07, 6.45) is 6.01. The van der Waals surface area contributed by atoms with Gasteiger partial charge in [0, 0.05) is 25.6 Å². The third-order valence-electron chi connectivity index (χ3n) is 2.62. The molecule has 1 fully saturated rings. The molecule has 0 amide bonds. The van der Waals surface area contributed by atoms with Crippen molar-refractivity contribution in [2.75, 3.05) is 19.8 Å². The van der Waals surface area contributed by atoms with Crippen LogP contribution in [0.1, 0.15) is 18.7 Å². The second-order valence-corrected chi connectivity index (χ2v) is 3.72. The molecule has 1 aromatic rings. The average Bonchev–Trinajstić information content (AvgIpc) is 2.72. The molecular weight excluding hydrogens is 178 g/mol. The van der Waals surface area contributed by atoms with Crippen LogP contribution >= 0.6 is 0 Å². The molecule has 0 atom stereocenters. The summed E-state index contributed by atoms with van der Waals surface area (Å²) >= 11 is 0. The van der Waals surface area contributed by atoms with E-state index in [4.69, 9.17) is 4.74 Å². The van der Waals surface area contributed by atoms with Gasteiger partial charge in [-0.05, 0) is 25.3 Å². The van der Waals surface area contributed by atoms with Crippen molar-refractivity contribution in [2.45, 2.75) is 19.4 Å². The third kappa shape index (κ3) is 2.82. The number of aromatic nitrogens is 2. The van der Waals surface area contributed by atoms with Crippen molar-refractivity contribution in [3.63, 3.8) is 0 Å². The molecule has 4 nitrogen and oxygen atoms in total. The first-order valence-electron chi connectivity index (χ1n) is 5.22. The first kappa shape index (κ1) is 9.68. The predicted octanol–water partition coefficient (Wildman–Crippen LogP) is 0.926. The van der Waals surface area contributed by atoms with E-state index in [1.54, 1.807) is 6.20 Å². The smallest absolute Gasteiger partial charge is 0.120 e. The van der Waals surface area contributed by atoms with Crippen molar-refractivity contribution >= 4 is 0 Å². The van der Waals surface area contributed by atoms with E-state index in [0.717, 1.165) is 38.0 Å². The lowest BCUT2D eigenvalue weighted by atomic mass is 10.0. The molecule has 2 N–H and O–H groups in total. The fraction of sp³-hybridized carbons (Fsp3) is 0.700. The van der Waals surface area contributed by atoms with Crippen LogP contribution in [0.25, 0.3) is 0 Å². The third-order valence-corrected chi connectivity index (χ3v) is 2.62. The minimum Gasteiger partial charge on any atom is -0.381 e. The fourth-order valence-corrected chi connectivity index (χ4v) is 1.74. The lowest BCUT2D eigenvalue weighted by molar-refractivity contribution is 0.0662. The molecule has 1 saturated heterocycles. The number of nitrogens with zero attached hydrogens (tertiary/aromatic N) is 1. The van der Waals surface area contributed by atoms with Gasteiger partial charge in [-0.15, -0.1) is 0 Å². The molecule has 0 radical (unpaired) electrons. The Labute approximate surface area is 84.1 Å². The minimum absolute atomic E-state index is 0.777. The molecule has 2 rings (SSSR count). The van der Waals surface area contributed by atoms with Gasteiger partial charge in [0.1, 0.15) is 5.82 Å². The van der Waals surface area contributed by atoms with Gasteiger partial charge in [0.2, 0.25) is 0 Å². The van der Waals surface area contributed by atoms with Crippen LogP contribution in [0, 0.1) is 5.92 Å². The molecule has 1 aromatic heterocycles. The summed E-state index contributed by atoms with van der Waals surface area (Å²) in [6, 6.07) is 0. The maximum Gasteiger partial charge on any atom is 0.120 e. The number of hydrogen-bond donors (Lipinski definition) is 2. The van der Waals surface area contributed by atoms with E-state index in [2.05, 4.69) is 15.3 Å². The fourth-order valence-electron chi connectivity index (χ4n) is 1.74. The Hall–Kier alpha value is -0.870.